The summed E-state index contributed by atoms with van der Waals surface area (Å²) >= 11 is 0. The fourth-order valence-electron chi connectivity index (χ4n) is 3.94. The number of ether oxygens (including phenoxy) is 3. The Bertz CT molecular complexity index is 1100. The molecule has 1 aromatic heterocycles. The van der Waals surface area contributed by atoms with Crippen LogP contribution in [-0.2, 0) is 22.4 Å². The maximum Gasteiger partial charge on any atom is 0.306 e. The molecule has 7 nitrogen and oxygen atoms in total. The fraction of sp³-hybridized carbons (Fsp3) is 0.304. The fourth-order valence-corrected chi connectivity index (χ4v) is 3.94. The van der Waals surface area contributed by atoms with E-state index in [1.807, 2.05) is 36.4 Å². The van der Waals surface area contributed by atoms with Gasteiger partial charge in [0.05, 0.1) is 27.2 Å². The first kappa shape index (κ1) is 19.8. The lowest BCUT2D eigenvalue weighted by Gasteiger charge is -2.17. The van der Waals surface area contributed by atoms with Gasteiger partial charge >= 0.3 is 5.97 Å². The second-order valence-electron chi connectivity index (χ2n) is 7.29. The molecule has 4 rings (SSSR count). The number of H-pyrrole nitrogens is 2. The summed E-state index contributed by atoms with van der Waals surface area (Å²) in [6.07, 6.45) is 1.49. The summed E-state index contributed by atoms with van der Waals surface area (Å²) < 4.78 is 15.7. The SMILES string of the molecule is COC(=O)C[C@@H](c1ccc(OC)cc1)c1c(Cc2ccc3c(c2)CCO3)[nH][nH]c1=O. The number of nitrogens with one attached hydrogen (secondary N) is 2. The monoisotopic (exact) mass is 408 g/mol. The first-order valence-corrected chi connectivity index (χ1v) is 9.84. The van der Waals surface area contributed by atoms with Gasteiger partial charge in [0.2, 0.25) is 0 Å². The third-order valence-corrected chi connectivity index (χ3v) is 5.50. The molecule has 2 heterocycles. The molecule has 0 saturated carbocycles. The average molecular weight is 408 g/mol. The van der Waals surface area contributed by atoms with Crippen LogP contribution in [0.4, 0.5) is 0 Å². The Morgan fingerprint density at radius 1 is 1.13 bits per heavy atom. The second-order valence-corrected chi connectivity index (χ2v) is 7.29. The van der Waals surface area contributed by atoms with E-state index in [0.717, 1.165) is 29.0 Å². The summed E-state index contributed by atoms with van der Waals surface area (Å²) in [5.41, 5.74) is 4.15. The van der Waals surface area contributed by atoms with Gasteiger partial charge in [-0.1, -0.05) is 24.3 Å². The minimum absolute atomic E-state index is 0.0643. The van der Waals surface area contributed by atoms with E-state index in [2.05, 4.69) is 16.3 Å². The van der Waals surface area contributed by atoms with Gasteiger partial charge in [0, 0.05) is 30.0 Å². The van der Waals surface area contributed by atoms with Gasteiger partial charge in [-0.05, 0) is 34.9 Å². The van der Waals surface area contributed by atoms with Crippen molar-refractivity contribution in [3.05, 3.63) is 80.8 Å². The predicted octanol–water partition coefficient (Wildman–Crippen LogP) is 2.93. The maximum atomic E-state index is 12.7. The largest absolute Gasteiger partial charge is 0.497 e. The van der Waals surface area contributed by atoms with Crippen LogP contribution in [0.5, 0.6) is 11.5 Å². The Balaban J connectivity index is 1.70. The van der Waals surface area contributed by atoms with Crippen LogP contribution < -0.4 is 15.0 Å². The molecule has 0 aliphatic carbocycles. The highest BCUT2D eigenvalue weighted by Crippen LogP contribution is 2.31. The lowest BCUT2D eigenvalue weighted by molar-refractivity contribution is -0.140. The van der Waals surface area contributed by atoms with Crippen molar-refractivity contribution in [1.29, 1.82) is 0 Å². The number of carbonyl (C=O) groups is 1. The van der Waals surface area contributed by atoms with Crippen molar-refractivity contribution in [1.82, 2.24) is 10.2 Å². The molecule has 1 aliphatic rings. The number of methoxy groups -OCH3 is 2. The highest BCUT2D eigenvalue weighted by Gasteiger charge is 2.26. The lowest BCUT2D eigenvalue weighted by atomic mass is 9.87. The van der Waals surface area contributed by atoms with Crippen molar-refractivity contribution in [3.8, 4) is 11.5 Å². The Morgan fingerprint density at radius 3 is 2.67 bits per heavy atom. The van der Waals surface area contributed by atoms with Crippen molar-refractivity contribution in [3.63, 3.8) is 0 Å². The summed E-state index contributed by atoms with van der Waals surface area (Å²) in [5.74, 6) is 0.811. The summed E-state index contributed by atoms with van der Waals surface area (Å²) in [6.45, 7) is 0.698. The first-order chi connectivity index (χ1) is 14.6. The van der Waals surface area contributed by atoms with Crippen LogP contribution in [0.15, 0.2) is 47.3 Å². The zero-order chi connectivity index (χ0) is 21.1. The first-order valence-electron chi connectivity index (χ1n) is 9.84. The number of carbonyl (C=O) groups excluding carboxylic acids is 1. The van der Waals surface area contributed by atoms with Crippen LogP contribution in [0.25, 0.3) is 0 Å². The summed E-state index contributed by atoms with van der Waals surface area (Å²) in [4.78, 5) is 24.9. The van der Waals surface area contributed by atoms with Crippen molar-refractivity contribution in [2.24, 2.45) is 0 Å². The van der Waals surface area contributed by atoms with E-state index in [1.54, 1.807) is 7.11 Å². The van der Waals surface area contributed by atoms with E-state index >= 15 is 0 Å². The van der Waals surface area contributed by atoms with Crippen LogP contribution in [0.2, 0.25) is 0 Å². The lowest BCUT2D eigenvalue weighted by Crippen LogP contribution is -2.18. The number of benzene rings is 2. The predicted molar refractivity (Wildman–Crippen MR) is 111 cm³/mol. The molecule has 156 valence electrons. The third kappa shape index (κ3) is 3.96. The van der Waals surface area contributed by atoms with E-state index in [9.17, 15) is 9.59 Å². The van der Waals surface area contributed by atoms with E-state index < -0.39 is 5.92 Å². The molecule has 0 amide bonds. The van der Waals surface area contributed by atoms with E-state index in [0.29, 0.717) is 24.3 Å². The van der Waals surface area contributed by atoms with E-state index in [-0.39, 0.29) is 17.9 Å². The molecular formula is C23H24N2O5. The normalized spacial score (nSPS) is 13.4. The smallest absolute Gasteiger partial charge is 0.306 e. The molecule has 0 saturated heterocycles. The quantitative estimate of drug-likeness (QED) is 0.587. The zero-order valence-electron chi connectivity index (χ0n) is 17.0. The summed E-state index contributed by atoms with van der Waals surface area (Å²) in [5, 5.41) is 5.70. The Hall–Kier alpha value is -3.48. The van der Waals surface area contributed by atoms with Crippen LogP contribution >= 0.6 is 0 Å². The van der Waals surface area contributed by atoms with Crippen molar-refractivity contribution >= 4 is 5.97 Å². The Labute approximate surface area is 174 Å². The van der Waals surface area contributed by atoms with Crippen molar-refractivity contribution in [2.75, 3.05) is 20.8 Å². The average Bonchev–Trinajstić information content (AvgIpc) is 3.38. The Kier molecular flexibility index (Phi) is 5.61. The molecule has 3 aromatic rings. The highest BCUT2D eigenvalue weighted by molar-refractivity contribution is 5.71. The molecule has 0 radical (unpaired) electrons. The molecule has 0 bridgehead atoms. The standard InChI is InChI=1S/C23H24N2O5/c1-28-17-6-4-15(5-7-17)18(13-21(26)29-2)22-19(24-25-23(22)27)12-14-3-8-20-16(11-14)9-10-30-20/h3-8,11,18H,9-10,12-13H2,1-2H3,(H2,24,25,27)/t18-/m0/s1. The van der Waals surface area contributed by atoms with Gasteiger partial charge in [-0.3, -0.25) is 14.7 Å². The topological polar surface area (TPSA) is 93.4 Å². The van der Waals surface area contributed by atoms with Crippen molar-refractivity contribution < 1.29 is 19.0 Å². The van der Waals surface area contributed by atoms with Gasteiger partial charge in [-0.25, -0.2) is 0 Å². The van der Waals surface area contributed by atoms with Gasteiger partial charge < -0.3 is 19.3 Å². The van der Waals surface area contributed by atoms with Crippen LogP contribution in [-0.4, -0.2) is 37.0 Å². The molecule has 0 fully saturated rings. The van der Waals surface area contributed by atoms with Gasteiger partial charge in [0.25, 0.3) is 5.56 Å². The van der Waals surface area contributed by atoms with Crippen molar-refractivity contribution in [2.45, 2.75) is 25.2 Å². The summed E-state index contributed by atoms with van der Waals surface area (Å²) in [6, 6.07) is 13.5. The number of hydrogen-bond acceptors (Lipinski definition) is 5. The van der Waals surface area contributed by atoms with Gasteiger partial charge in [0.15, 0.2) is 0 Å². The van der Waals surface area contributed by atoms with Gasteiger partial charge in [0.1, 0.15) is 11.5 Å². The molecule has 2 aromatic carbocycles. The summed E-state index contributed by atoms with van der Waals surface area (Å²) in [7, 11) is 2.94. The molecule has 0 unspecified atom stereocenters. The van der Waals surface area contributed by atoms with Gasteiger partial charge in [-0.15, -0.1) is 0 Å². The van der Waals surface area contributed by atoms with E-state index in [4.69, 9.17) is 14.2 Å². The molecule has 2 N–H and O–H groups in total. The third-order valence-electron chi connectivity index (χ3n) is 5.50. The highest BCUT2D eigenvalue weighted by atomic mass is 16.5. The second kappa shape index (κ2) is 8.49. The number of fused-ring (bicyclic) bond motifs is 1. The number of esters is 1. The minimum Gasteiger partial charge on any atom is -0.497 e. The Morgan fingerprint density at radius 2 is 1.93 bits per heavy atom. The molecule has 7 heteroatoms. The van der Waals surface area contributed by atoms with Crippen LogP contribution in [0.3, 0.4) is 0 Å². The maximum absolute atomic E-state index is 12.7. The molecule has 1 atom stereocenters. The van der Waals surface area contributed by atoms with E-state index in [1.165, 1.54) is 12.7 Å². The number of aromatic nitrogens is 2. The molecule has 1 aliphatic heterocycles. The minimum atomic E-state index is -0.439. The zero-order valence-corrected chi connectivity index (χ0v) is 17.0. The van der Waals surface area contributed by atoms with Gasteiger partial charge in [-0.2, -0.15) is 0 Å². The number of rotatable bonds is 7. The van der Waals surface area contributed by atoms with Crippen LogP contribution in [0.1, 0.15) is 40.3 Å². The number of hydrogen-bond donors (Lipinski definition) is 2. The molecule has 30 heavy (non-hydrogen) atoms. The molecular weight excluding hydrogens is 384 g/mol. The number of aromatic amines is 2. The molecule has 0 spiro atoms. The van der Waals surface area contributed by atoms with Crippen LogP contribution in [0, 0.1) is 0 Å².